The predicted octanol–water partition coefficient (Wildman–Crippen LogP) is 2.99. The lowest BCUT2D eigenvalue weighted by Crippen LogP contribution is -2.05. The van der Waals surface area contributed by atoms with E-state index in [1.807, 2.05) is 43.3 Å². The van der Waals surface area contributed by atoms with Gasteiger partial charge in [0.05, 0.1) is 17.4 Å². The second-order valence-electron chi connectivity index (χ2n) is 4.93. The average Bonchev–Trinajstić information content (AvgIpc) is 3.00. The Morgan fingerprint density at radius 2 is 1.90 bits per heavy atom. The van der Waals surface area contributed by atoms with Crippen molar-refractivity contribution in [3.8, 4) is 5.69 Å². The van der Waals surface area contributed by atoms with Crippen molar-refractivity contribution in [3.05, 3.63) is 77.6 Å². The zero-order chi connectivity index (χ0) is 14.8. The lowest BCUT2D eigenvalue weighted by molar-refractivity contribution is 0.103. The number of ketones is 1. The zero-order valence-corrected chi connectivity index (χ0v) is 11.7. The number of carbonyl (C=O) groups is 1. The van der Waals surface area contributed by atoms with Gasteiger partial charge in [-0.2, -0.15) is 5.10 Å². The van der Waals surface area contributed by atoms with Gasteiger partial charge in [-0.05, 0) is 31.2 Å². The summed E-state index contributed by atoms with van der Waals surface area (Å²) in [5.41, 5.74) is 9.34. The maximum Gasteiger partial charge on any atom is 0.198 e. The largest absolute Gasteiger partial charge is 0.398 e. The van der Waals surface area contributed by atoms with Gasteiger partial charge in [-0.25, -0.2) is 4.68 Å². The van der Waals surface area contributed by atoms with E-state index in [2.05, 4.69) is 5.10 Å². The first kappa shape index (κ1) is 13.1. The molecule has 104 valence electrons. The fourth-order valence-electron chi connectivity index (χ4n) is 2.18. The van der Waals surface area contributed by atoms with Gasteiger partial charge in [0.2, 0.25) is 0 Å². The summed E-state index contributed by atoms with van der Waals surface area (Å²) in [6.45, 7) is 1.93. The van der Waals surface area contributed by atoms with E-state index in [-0.39, 0.29) is 5.78 Å². The summed E-state index contributed by atoms with van der Waals surface area (Å²) in [7, 11) is 0. The number of nitrogens with two attached hydrogens (primary N) is 1. The molecule has 0 spiro atoms. The third-order valence-corrected chi connectivity index (χ3v) is 3.32. The third-order valence-electron chi connectivity index (χ3n) is 3.32. The molecule has 0 saturated carbocycles. The number of nitrogen functional groups attached to an aromatic ring is 1. The van der Waals surface area contributed by atoms with Crippen LogP contribution in [0.15, 0.2) is 60.9 Å². The Morgan fingerprint density at radius 3 is 2.67 bits per heavy atom. The van der Waals surface area contributed by atoms with Gasteiger partial charge in [0.25, 0.3) is 0 Å². The van der Waals surface area contributed by atoms with E-state index in [0.717, 1.165) is 11.3 Å². The maximum atomic E-state index is 12.5. The summed E-state index contributed by atoms with van der Waals surface area (Å²) in [4.78, 5) is 12.5. The number of hydrogen-bond acceptors (Lipinski definition) is 3. The Bertz CT molecular complexity index is 791. The van der Waals surface area contributed by atoms with Gasteiger partial charge < -0.3 is 5.73 Å². The zero-order valence-electron chi connectivity index (χ0n) is 11.7. The van der Waals surface area contributed by atoms with Crippen LogP contribution >= 0.6 is 0 Å². The van der Waals surface area contributed by atoms with Crippen molar-refractivity contribution in [2.24, 2.45) is 0 Å². The summed E-state index contributed by atoms with van der Waals surface area (Å²) >= 11 is 0. The summed E-state index contributed by atoms with van der Waals surface area (Å²) < 4.78 is 1.68. The van der Waals surface area contributed by atoms with E-state index < -0.39 is 0 Å². The van der Waals surface area contributed by atoms with Crippen molar-refractivity contribution >= 4 is 11.5 Å². The average molecular weight is 277 g/mol. The van der Waals surface area contributed by atoms with Crippen molar-refractivity contribution in [2.45, 2.75) is 6.92 Å². The molecule has 0 bridgehead atoms. The van der Waals surface area contributed by atoms with Crippen LogP contribution in [0, 0.1) is 6.92 Å². The molecular formula is C17H15N3O. The molecule has 4 nitrogen and oxygen atoms in total. The Kier molecular flexibility index (Phi) is 3.28. The molecule has 4 heteroatoms. The summed E-state index contributed by atoms with van der Waals surface area (Å²) in [5, 5.41) is 4.24. The molecule has 3 aromatic rings. The topological polar surface area (TPSA) is 60.9 Å². The molecule has 0 amide bonds. The second kappa shape index (κ2) is 5.25. The van der Waals surface area contributed by atoms with E-state index in [0.29, 0.717) is 16.8 Å². The number of aryl methyl sites for hydroxylation is 1. The number of para-hydroxylation sites is 1. The van der Waals surface area contributed by atoms with E-state index in [9.17, 15) is 4.79 Å². The summed E-state index contributed by atoms with van der Waals surface area (Å²) in [6, 6.07) is 15.1. The van der Waals surface area contributed by atoms with Gasteiger partial charge in [-0.15, -0.1) is 0 Å². The fraction of sp³-hybridized carbons (Fsp3) is 0.0588. The number of aromatic nitrogens is 2. The lowest BCUT2D eigenvalue weighted by Gasteiger charge is -2.04. The number of rotatable bonds is 3. The van der Waals surface area contributed by atoms with Gasteiger partial charge in [-0.1, -0.05) is 29.8 Å². The molecule has 21 heavy (non-hydrogen) atoms. The molecule has 0 atom stereocenters. The van der Waals surface area contributed by atoms with Crippen LogP contribution in [0.1, 0.15) is 21.5 Å². The molecule has 0 saturated heterocycles. The van der Waals surface area contributed by atoms with Crippen molar-refractivity contribution in [1.82, 2.24) is 9.78 Å². The lowest BCUT2D eigenvalue weighted by atomic mass is 10.0. The Balaban J connectivity index is 1.96. The van der Waals surface area contributed by atoms with Gasteiger partial charge in [0.15, 0.2) is 5.78 Å². The van der Waals surface area contributed by atoms with Gasteiger partial charge in [0, 0.05) is 17.4 Å². The van der Waals surface area contributed by atoms with Crippen LogP contribution in [0.4, 0.5) is 5.69 Å². The van der Waals surface area contributed by atoms with Crippen LogP contribution in [-0.4, -0.2) is 15.6 Å². The highest BCUT2D eigenvalue weighted by Gasteiger charge is 2.15. The van der Waals surface area contributed by atoms with Crippen molar-refractivity contribution in [2.75, 3.05) is 5.73 Å². The highest BCUT2D eigenvalue weighted by molar-refractivity contribution is 6.11. The second-order valence-corrected chi connectivity index (χ2v) is 4.93. The monoisotopic (exact) mass is 277 g/mol. The highest BCUT2D eigenvalue weighted by Crippen LogP contribution is 2.18. The normalized spacial score (nSPS) is 10.5. The van der Waals surface area contributed by atoms with E-state index >= 15 is 0 Å². The maximum absolute atomic E-state index is 12.5. The SMILES string of the molecule is Cc1ccc(N)c(C(=O)c2cnn(-c3ccccc3)c2)c1. The molecule has 2 aromatic carbocycles. The minimum absolute atomic E-state index is 0.113. The predicted molar refractivity (Wildman–Crippen MR) is 82.6 cm³/mol. The number of nitrogens with zero attached hydrogens (tertiary/aromatic N) is 2. The molecule has 0 aliphatic rings. The molecule has 0 unspecified atom stereocenters. The highest BCUT2D eigenvalue weighted by atomic mass is 16.1. The van der Waals surface area contributed by atoms with Crippen LogP contribution in [0.2, 0.25) is 0 Å². The molecule has 0 radical (unpaired) electrons. The van der Waals surface area contributed by atoms with E-state index in [1.165, 1.54) is 0 Å². The van der Waals surface area contributed by atoms with Crippen LogP contribution in [-0.2, 0) is 0 Å². The number of anilines is 1. The minimum atomic E-state index is -0.113. The minimum Gasteiger partial charge on any atom is -0.398 e. The molecule has 0 aliphatic heterocycles. The quantitative estimate of drug-likeness (QED) is 0.591. The molecule has 3 rings (SSSR count). The number of benzene rings is 2. The van der Waals surface area contributed by atoms with Crippen LogP contribution < -0.4 is 5.73 Å². The Hall–Kier alpha value is -2.88. The summed E-state index contributed by atoms with van der Waals surface area (Å²) in [6.07, 6.45) is 3.29. The first-order valence-corrected chi connectivity index (χ1v) is 6.66. The van der Waals surface area contributed by atoms with Crippen molar-refractivity contribution in [1.29, 1.82) is 0 Å². The van der Waals surface area contributed by atoms with Crippen molar-refractivity contribution in [3.63, 3.8) is 0 Å². The number of carbonyl (C=O) groups excluding carboxylic acids is 1. The first-order chi connectivity index (χ1) is 10.1. The molecule has 0 aliphatic carbocycles. The van der Waals surface area contributed by atoms with Crippen molar-refractivity contribution < 1.29 is 4.79 Å². The molecular weight excluding hydrogens is 262 g/mol. The van der Waals surface area contributed by atoms with E-state index in [4.69, 9.17) is 5.73 Å². The molecule has 1 aromatic heterocycles. The van der Waals surface area contributed by atoms with Crippen LogP contribution in [0.3, 0.4) is 0 Å². The Morgan fingerprint density at radius 1 is 1.14 bits per heavy atom. The third kappa shape index (κ3) is 2.56. The smallest absolute Gasteiger partial charge is 0.198 e. The van der Waals surface area contributed by atoms with Gasteiger partial charge in [-0.3, -0.25) is 4.79 Å². The molecule has 0 fully saturated rings. The number of hydrogen-bond donors (Lipinski definition) is 1. The molecule has 1 heterocycles. The first-order valence-electron chi connectivity index (χ1n) is 6.66. The molecule has 2 N–H and O–H groups in total. The Labute approximate surface area is 122 Å². The van der Waals surface area contributed by atoms with Crippen LogP contribution in [0.5, 0.6) is 0 Å². The van der Waals surface area contributed by atoms with Gasteiger partial charge >= 0.3 is 0 Å². The van der Waals surface area contributed by atoms with E-state index in [1.54, 1.807) is 29.2 Å². The van der Waals surface area contributed by atoms with Crippen LogP contribution in [0.25, 0.3) is 5.69 Å². The van der Waals surface area contributed by atoms with Gasteiger partial charge in [0.1, 0.15) is 0 Å². The standard InChI is InChI=1S/C17H15N3O/c1-12-7-8-16(18)15(9-12)17(21)13-10-19-20(11-13)14-5-3-2-4-6-14/h2-11H,18H2,1H3. The summed E-state index contributed by atoms with van der Waals surface area (Å²) in [5.74, 6) is -0.113. The fourth-order valence-corrected chi connectivity index (χ4v) is 2.18.